The fraction of sp³-hybridized carbons (Fsp3) is 0.846. The molecule has 0 heterocycles. The first kappa shape index (κ1) is 21.4. The maximum atomic E-state index is 10.2. The van der Waals surface area contributed by atoms with Crippen LogP contribution in [0.2, 0.25) is 52.4 Å². The molecule has 0 amide bonds. The molecular weight excluding hydrogens is 332 g/mol. The quantitative estimate of drug-likeness (QED) is 0.387. The predicted octanol–water partition coefficient (Wildman–Crippen LogP) is 2.76. The Hall–Kier alpha value is 0.448. The third-order valence-electron chi connectivity index (χ3n) is 2.71. The van der Waals surface area contributed by atoms with E-state index in [4.69, 9.17) is 13.3 Å². The Bertz CT molecular complexity index is 360. The van der Waals surface area contributed by atoms with Gasteiger partial charge in [-0.3, -0.25) is 0 Å². The highest BCUT2D eigenvalue weighted by atomic mass is 28.4. The van der Waals surface area contributed by atoms with Gasteiger partial charge in [-0.25, -0.2) is 0 Å². The van der Waals surface area contributed by atoms with Crippen LogP contribution >= 0.6 is 0 Å². The van der Waals surface area contributed by atoms with Crippen molar-refractivity contribution in [2.75, 3.05) is 6.61 Å². The molecule has 1 unspecified atom stereocenters. The van der Waals surface area contributed by atoms with Crippen molar-refractivity contribution in [2.24, 2.45) is 0 Å². The average molecular weight is 367 g/mol. The lowest BCUT2D eigenvalue weighted by Crippen LogP contribution is -2.68. The van der Waals surface area contributed by atoms with Crippen molar-refractivity contribution in [3.8, 4) is 0 Å². The Morgan fingerprint density at radius 3 is 1.81 bits per heavy atom. The summed E-state index contributed by atoms with van der Waals surface area (Å²) in [6.45, 7) is 23.3. The van der Waals surface area contributed by atoms with Crippen LogP contribution in [0.15, 0.2) is 12.2 Å². The van der Waals surface area contributed by atoms with Crippen LogP contribution in [-0.2, 0) is 13.3 Å². The summed E-state index contributed by atoms with van der Waals surface area (Å²) in [6.07, 6.45) is 0. The molecule has 8 heteroatoms. The maximum absolute atomic E-state index is 10.2. The molecule has 0 saturated carbocycles. The van der Waals surface area contributed by atoms with Crippen molar-refractivity contribution >= 4 is 34.7 Å². The zero-order valence-electron chi connectivity index (χ0n) is 15.3. The molecule has 4 nitrogen and oxygen atoms in total. The number of hydrogen-bond acceptors (Lipinski definition) is 4. The molecule has 0 aromatic carbocycles. The molecule has 0 bridgehead atoms. The summed E-state index contributed by atoms with van der Waals surface area (Å²) in [5.41, 5.74) is 0.929. The molecule has 0 rings (SSSR count). The van der Waals surface area contributed by atoms with Crippen molar-refractivity contribution in [3.63, 3.8) is 0 Å². The molecule has 1 atom stereocenters. The average Bonchev–Trinajstić information content (AvgIpc) is 2.18. The van der Waals surface area contributed by atoms with Crippen LogP contribution in [0.4, 0.5) is 0 Å². The van der Waals surface area contributed by atoms with E-state index < -0.39 is 39.7 Å². The molecule has 0 radical (unpaired) electrons. The first-order valence-corrected chi connectivity index (χ1v) is 18.5. The molecule has 1 N–H and O–H groups in total. The molecule has 0 aromatic rings. The molecule has 0 saturated heterocycles. The molecule has 0 aromatic heterocycles. The van der Waals surface area contributed by atoms with Crippen molar-refractivity contribution < 1.29 is 18.1 Å². The minimum Gasteiger partial charge on any atom is -0.453 e. The standard InChI is InChI=1S/C13H34O4Si4/c1-12(2)11-15-13(18-14,16-19(3,4)5)21(9,10)17-20(6,7)8/h14H,1,11,18H2,2-10H3. The summed E-state index contributed by atoms with van der Waals surface area (Å²) in [7, 11) is -7.56. The highest BCUT2D eigenvalue weighted by Gasteiger charge is 2.54. The highest BCUT2D eigenvalue weighted by Crippen LogP contribution is 2.32. The number of ether oxygens (including phenoxy) is 1. The second-order valence-corrected chi connectivity index (χ2v) is 23.3. The highest BCUT2D eigenvalue weighted by molar-refractivity contribution is 6.90. The van der Waals surface area contributed by atoms with Gasteiger partial charge in [-0.1, -0.05) is 12.2 Å². The molecule has 0 aliphatic carbocycles. The van der Waals surface area contributed by atoms with Crippen LogP contribution in [0.5, 0.6) is 0 Å². The van der Waals surface area contributed by atoms with E-state index >= 15 is 0 Å². The van der Waals surface area contributed by atoms with Crippen LogP contribution in [0, 0.1) is 0 Å². The molecule has 0 spiro atoms. The molecule has 21 heavy (non-hydrogen) atoms. The molecular formula is C13H34O4Si4. The van der Waals surface area contributed by atoms with Gasteiger partial charge in [0.25, 0.3) is 0 Å². The minimum absolute atomic E-state index is 0.406. The van der Waals surface area contributed by atoms with Crippen LogP contribution < -0.4 is 0 Å². The summed E-state index contributed by atoms with van der Waals surface area (Å²) in [6, 6.07) is 0. The van der Waals surface area contributed by atoms with Gasteiger partial charge < -0.3 is 18.1 Å². The van der Waals surface area contributed by atoms with E-state index in [0.717, 1.165) is 5.57 Å². The number of rotatable bonds is 9. The van der Waals surface area contributed by atoms with E-state index in [0.29, 0.717) is 6.61 Å². The van der Waals surface area contributed by atoms with Gasteiger partial charge >= 0.3 is 0 Å². The molecule has 0 fully saturated rings. The Balaban J connectivity index is 5.57. The summed E-state index contributed by atoms with van der Waals surface area (Å²) < 4.78 is 18.9. The lowest BCUT2D eigenvalue weighted by Gasteiger charge is -2.48. The molecule has 0 aliphatic heterocycles. The third-order valence-corrected chi connectivity index (χ3v) is 14.5. The third kappa shape index (κ3) is 7.51. The zero-order chi connectivity index (χ0) is 17.1. The van der Waals surface area contributed by atoms with Gasteiger partial charge in [0.1, 0.15) is 0 Å². The predicted molar refractivity (Wildman–Crippen MR) is 101 cm³/mol. The summed E-state index contributed by atoms with van der Waals surface area (Å²) >= 11 is 0. The molecule has 126 valence electrons. The van der Waals surface area contributed by atoms with E-state index in [-0.39, 0.29) is 0 Å². The maximum Gasteiger partial charge on any atom is 0.236 e. The van der Waals surface area contributed by atoms with Crippen LogP contribution in [0.25, 0.3) is 0 Å². The van der Waals surface area contributed by atoms with Gasteiger partial charge in [0.2, 0.25) is 18.1 Å². The van der Waals surface area contributed by atoms with Gasteiger partial charge in [0.05, 0.1) is 6.61 Å². The minimum atomic E-state index is -2.37. The van der Waals surface area contributed by atoms with E-state index in [1.54, 1.807) is 0 Å². The fourth-order valence-electron chi connectivity index (χ4n) is 2.17. The van der Waals surface area contributed by atoms with Gasteiger partial charge in [-0.05, 0) is 59.3 Å². The second kappa shape index (κ2) is 7.35. The number of hydrogen-bond donors (Lipinski definition) is 1. The van der Waals surface area contributed by atoms with E-state index in [9.17, 15) is 4.80 Å². The first-order valence-electron chi connectivity index (χ1n) is 7.44. The monoisotopic (exact) mass is 366 g/mol. The zero-order valence-corrected chi connectivity index (χ0v) is 19.7. The molecule has 0 aliphatic rings. The fourth-order valence-corrected chi connectivity index (χ4v) is 16.2. The lowest BCUT2D eigenvalue weighted by molar-refractivity contribution is -0.0789. The van der Waals surface area contributed by atoms with Crippen LogP contribution in [0.1, 0.15) is 6.92 Å². The SMILES string of the molecule is C=C(C)COC(O[Si](C)(C)C)([SiH2]O)[Si](C)(C)O[Si](C)(C)C. The summed E-state index contributed by atoms with van der Waals surface area (Å²) in [4.78, 5) is 10.2. The van der Waals surface area contributed by atoms with E-state index in [1.165, 1.54) is 0 Å². The first-order chi connectivity index (χ1) is 9.14. The largest absolute Gasteiger partial charge is 0.453 e. The Kier molecular flexibility index (Phi) is 7.50. The normalized spacial score (nSPS) is 17.2. The van der Waals surface area contributed by atoms with E-state index in [2.05, 4.69) is 59.0 Å². The van der Waals surface area contributed by atoms with Crippen molar-refractivity contribution in [3.05, 3.63) is 12.2 Å². The van der Waals surface area contributed by atoms with Gasteiger partial charge in [-0.2, -0.15) is 0 Å². The Morgan fingerprint density at radius 1 is 1.05 bits per heavy atom. The topological polar surface area (TPSA) is 47.9 Å². The van der Waals surface area contributed by atoms with Crippen molar-refractivity contribution in [2.45, 2.75) is 64.3 Å². The Morgan fingerprint density at radius 2 is 1.52 bits per heavy atom. The van der Waals surface area contributed by atoms with Crippen LogP contribution in [0.3, 0.4) is 0 Å². The van der Waals surface area contributed by atoms with Crippen molar-refractivity contribution in [1.29, 1.82) is 0 Å². The lowest BCUT2D eigenvalue weighted by atomic mass is 10.4. The van der Waals surface area contributed by atoms with Gasteiger partial charge in [0, 0.05) is 0 Å². The van der Waals surface area contributed by atoms with Gasteiger partial charge in [-0.15, -0.1) is 0 Å². The van der Waals surface area contributed by atoms with Gasteiger partial charge in [0.15, 0.2) is 21.7 Å². The summed E-state index contributed by atoms with van der Waals surface area (Å²) in [5, 5.41) is -0.892. The smallest absolute Gasteiger partial charge is 0.236 e. The van der Waals surface area contributed by atoms with Crippen LogP contribution in [-0.4, -0.2) is 51.2 Å². The summed E-state index contributed by atoms with van der Waals surface area (Å²) in [5.74, 6) is 0. The Labute approximate surface area is 136 Å². The second-order valence-electron chi connectivity index (χ2n) is 8.10. The van der Waals surface area contributed by atoms with E-state index in [1.807, 2.05) is 6.92 Å². The van der Waals surface area contributed by atoms with Crippen molar-refractivity contribution in [1.82, 2.24) is 0 Å².